The second-order valence-electron chi connectivity index (χ2n) is 12.0. The van der Waals surface area contributed by atoms with Crippen LogP contribution in [-0.2, 0) is 23.9 Å². The molecule has 43 heavy (non-hydrogen) atoms. The van der Waals surface area contributed by atoms with Gasteiger partial charge in [0.15, 0.2) is 17.1 Å². The van der Waals surface area contributed by atoms with Crippen molar-refractivity contribution >= 4 is 34.6 Å². The summed E-state index contributed by atoms with van der Waals surface area (Å²) in [5, 5.41) is -0.984. The molecule has 2 unspecified atom stereocenters. The number of halogens is 6. The van der Waals surface area contributed by atoms with Gasteiger partial charge in [0, 0.05) is 22.7 Å². The summed E-state index contributed by atoms with van der Waals surface area (Å²) in [5.74, 6) is -8.28. The summed E-state index contributed by atoms with van der Waals surface area (Å²) >= 11 is 0.164. The lowest BCUT2D eigenvalue weighted by Gasteiger charge is -2.63. The lowest BCUT2D eigenvalue weighted by Crippen LogP contribution is -2.71. The van der Waals surface area contributed by atoms with Gasteiger partial charge in [0.05, 0.1) is 6.26 Å². The van der Waals surface area contributed by atoms with Crippen LogP contribution in [0.4, 0.5) is 26.3 Å². The number of hydrogen-bond donors (Lipinski definition) is 0. The fourth-order valence-electron chi connectivity index (χ4n) is 8.25. The molecule has 0 bridgehead atoms. The highest BCUT2D eigenvalue weighted by atomic mass is 32.2. The van der Waals surface area contributed by atoms with Crippen LogP contribution < -0.4 is 0 Å². The quantitative estimate of drug-likeness (QED) is 0.286. The second-order valence-corrected chi connectivity index (χ2v) is 12.9. The minimum Gasteiger partial charge on any atom is -0.457 e. The molecule has 0 N–H and O–H groups in total. The van der Waals surface area contributed by atoms with E-state index in [9.17, 15) is 36.7 Å². The maximum absolute atomic E-state index is 18.0. The fraction of sp³-hybridized carbons (Fsp3) is 0.586. The summed E-state index contributed by atoms with van der Waals surface area (Å²) in [4.78, 5) is 51.3. The van der Waals surface area contributed by atoms with Gasteiger partial charge in [-0.3, -0.25) is 9.59 Å². The van der Waals surface area contributed by atoms with Gasteiger partial charge in [-0.15, -0.1) is 0 Å². The van der Waals surface area contributed by atoms with Gasteiger partial charge in [-0.05, 0) is 73.7 Å². The van der Waals surface area contributed by atoms with Crippen LogP contribution in [0.3, 0.4) is 0 Å². The molecule has 1 aromatic heterocycles. The Kier molecular flexibility index (Phi) is 7.50. The topological polar surface area (TPSA) is 99.9 Å². The number of allylic oxidation sites excluding steroid dienone is 4. The Morgan fingerprint density at radius 1 is 1.16 bits per heavy atom. The zero-order valence-corrected chi connectivity index (χ0v) is 24.0. The number of carbonyl (C=O) groups excluding carboxylic acids is 4. The third kappa shape index (κ3) is 4.33. The molecule has 14 heteroatoms. The molecule has 0 saturated heterocycles. The van der Waals surface area contributed by atoms with Crippen LogP contribution in [0, 0.1) is 28.6 Å². The van der Waals surface area contributed by atoms with Crippen LogP contribution in [0.25, 0.3) is 0 Å². The number of fused-ring (bicyclic) bond motifs is 5. The summed E-state index contributed by atoms with van der Waals surface area (Å²) in [6, 6.07) is 1.36. The Hall–Kier alpha value is -3.03. The zero-order chi connectivity index (χ0) is 31.8. The molecule has 0 aliphatic heterocycles. The standard InChI is InChI=1S/C29H28F6O7S/c1-14-9-16-17-11-19(31)18-10-15(36)6-7-25(18,2)27(17,32)21(41-23(38)29(33,34)35)12-26(16,3)28(14,24(39)43-13-30)42-22(37)20-5-4-8-40-20/h4-8,10,14,16-17,19,21H,9,11-13H2,1-3H3/t14-,16?,17?,19+,21+,25+,26+,27+,28+/m1/s1. The Bertz CT molecular complexity index is 1410. The number of rotatable bonds is 5. The van der Waals surface area contributed by atoms with Gasteiger partial charge in [0.2, 0.25) is 10.9 Å². The molecule has 4 aliphatic rings. The van der Waals surface area contributed by atoms with Gasteiger partial charge < -0.3 is 13.9 Å². The van der Waals surface area contributed by atoms with Crippen molar-refractivity contribution in [1.82, 2.24) is 0 Å². The molecule has 234 valence electrons. The van der Waals surface area contributed by atoms with E-state index in [0.717, 1.165) is 24.5 Å². The third-order valence-electron chi connectivity index (χ3n) is 10.1. The number of hydrogen-bond acceptors (Lipinski definition) is 8. The van der Waals surface area contributed by atoms with Gasteiger partial charge in [0.25, 0.3) is 0 Å². The molecule has 1 aromatic rings. The molecule has 4 aliphatic carbocycles. The highest BCUT2D eigenvalue weighted by molar-refractivity contribution is 8.13. The Balaban J connectivity index is 1.71. The Labute approximate surface area is 246 Å². The van der Waals surface area contributed by atoms with Crippen LogP contribution in [0.1, 0.15) is 50.6 Å². The molecule has 0 spiro atoms. The lowest BCUT2D eigenvalue weighted by molar-refractivity contribution is -0.250. The van der Waals surface area contributed by atoms with Crippen LogP contribution in [0.15, 0.2) is 46.6 Å². The van der Waals surface area contributed by atoms with Crippen LogP contribution >= 0.6 is 11.8 Å². The second kappa shape index (κ2) is 10.3. The number of alkyl halides is 6. The number of esters is 2. The van der Waals surface area contributed by atoms with Gasteiger partial charge in [-0.2, -0.15) is 13.2 Å². The summed E-state index contributed by atoms with van der Waals surface area (Å²) in [7, 11) is 0. The van der Waals surface area contributed by atoms with Crippen LogP contribution in [0.2, 0.25) is 0 Å². The highest BCUT2D eigenvalue weighted by Gasteiger charge is 2.79. The largest absolute Gasteiger partial charge is 0.490 e. The third-order valence-corrected chi connectivity index (χ3v) is 10.8. The van der Waals surface area contributed by atoms with E-state index >= 15 is 8.78 Å². The molecule has 7 nitrogen and oxygen atoms in total. The first-order valence-electron chi connectivity index (χ1n) is 13.5. The Morgan fingerprint density at radius 2 is 1.86 bits per heavy atom. The Morgan fingerprint density at radius 3 is 2.47 bits per heavy atom. The first-order chi connectivity index (χ1) is 20.0. The molecular weight excluding hydrogens is 606 g/mol. The lowest BCUT2D eigenvalue weighted by atomic mass is 9.44. The van der Waals surface area contributed by atoms with Crippen molar-refractivity contribution in [1.29, 1.82) is 0 Å². The summed E-state index contributed by atoms with van der Waals surface area (Å²) in [6.45, 7) is 4.10. The predicted octanol–water partition coefficient (Wildman–Crippen LogP) is 6.04. The molecule has 3 saturated carbocycles. The van der Waals surface area contributed by atoms with E-state index in [4.69, 9.17) is 13.9 Å². The van der Waals surface area contributed by atoms with Gasteiger partial charge >= 0.3 is 18.1 Å². The van der Waals surface area contributed by atoms with Gasteiger partial charge in [0.1, 0.15) is 18.3 Å². The number of ether oxygens (including phenoxy) is 2. The molecule has 3 fully saturated rings. The molecule has 0 radical (unpaired) electrons. The van der Waals surface area contributed by atoms with E-state index in [-0.39, 0.29) is 29.5 Å². The first-order valence-corrected chi connectivity index (χ1v) is 14.5. The minimum absolute atomic E-state index is 0.0682. The fourth-order valence-corrected chi connectivity index (χ4v) is 9.04. The molecule has 5 rings (SSSR count). The molecule has 0 aromatic carbocycles. The summed E-state index contributed by atoms with van der Waals surface area (Å²) in [5.41, 5.74) is -9.24. The van der Waals surface area contributed by atoms with E-state index in [2.05, 4.69) is 0 Å². The van der Waals surface area contributed by atoms with Crippen molar-refractivity contribution < 1.29 is 59.4 Å². The van der Waals surface area contributed by atoms with Crippen molar-refractivity contribution in [3.8, 4) is 0 Å². The van der Waals surface area contributed by atoms with Crippen molar-refractivity contribution in [3.05, 3.63) is 48.0 Å². The normalized spacial score (nSPS) is 40.2. The van der Waals surface area contributed by atoms with Crippen molar-refractivity contribution in [3.63, 3.8) is 0 Å². The van der Waals surface area contributed by atoms with E-state index in [1.165, 1.54) is 32.9 Å². The number of ketones is 1. The minimum atomic E-state index is -5.54. The van der Waals surface area contributed by atoms with Crippen LogP contribution in [-0.4, -0.2) is 58.6 Å². The van der Waals surface area contributed by atoms with E-state index in [1.807, 2.05) is 0 Å². The maximum Gasteiger partial charge on any atom is 0.490 e. The monoisotopic (exact) mass is 634 g/mol. The van der Waals surface area contributed by atoms with Crippen LogP contribution in [0.5, 0.6) is 0 Å². The van der Waals surface area contributed by atoms with E-state index in [1.54, 1.807) is 0 Å². The van der Waals surface area contributed by atoms with E-state index < -0.39 is 100.0 Å². The SMILES string of the molecule is C[C@@H]1CC2C3C[C@H](F)C4=CC(=O)C=C[C@]4(C)[C@@]3(F)[C@@H](OC(=O)C(F)(F)F)C[C@]2(C)[C@@]1(OC(=O)c1ccco1)C(=O)SCF. The van der Waals surface area contributed by atoms with Gasteiger partial charge in [-0.1, -0.05) is 19.9 Å². The highest BCUT2D eigenvalue weighted by Crippen LogP contribution is 2.72. The molecule has 9 atom stereocenters. The maximum atomic E-state index is 18.0. The number of thioether (sulfide) groups is 1. The molecular formula is C29H28F6O7S. The van der Waals surface area contributed by atoms with Crippen molar-refractivity contribution in [2.24, 2.45) is 28.6 Å². The van der Waals surface area contributed by atoms with Gasteiger partial charge in [-0.25, -0.2) is 22.8 Å². The molecule has 0 amide bonds. The zero-order valence-electron chi connectivity index (χ0n) is 23.2. The van der Waals surface area contributed by atoms with Crippen molar-refractivity contribution in [2.45, 2.75) is 69.8 Å². The molecule has 1 heterocycles. The number of carbonyl (C=O) groups is 4. The number of furan rings is 1. The summed E-state index contributed by atoms with van der Waals surface area (Å²) < 4.78 is 104. The average Bonchev–Trinajstić information content (AvgIpc) is 3.53. The summed E-state index contributed by atoms with van der Waals surface area (Å²) in [6.07, 6.45) is -7.06. The van der Waals surface area contributed by atoms with Crippen molar-refractivity contribution in [2.75, 3.05) is 6.01 Å². The first kappa shape index (κ1) is 31.4. The smallest absolute Gasteiger partial charge is 0.457 e. The predicted molar refractivity (Wildman–Crippen MR) is 139 cm³/mol. The average molecular weight is 635 g/mol. The van der Waals surface area contributed by atoms with E-state index in [0.29, 0.717) is 0 Å².